The van der Waals surface area contributed by atoms with Gasteiger partial charge in [0.1, 0.15) is 11.6 Å². The molecule has 0 amide bonds. The molecule has 3 rings (SSSR count). The molecule has 110 valence electrons. The highest BCUT2D eigenvalue weighted by molar-refractivity contribution is 5.45. The summed E-state index contributed by atoms with van der Waals surface area (Å²) in [5.74, 6) is 0.897. The zero-order valence-corrected chi connectivity index (χ0v) is 12.4. The Morgan fingerprint density at radius 2 is 2.10 bits per heavy atom. The summed E-state index contributed by atoms with van der Waals surface area (Å²) in [6.45, 7) is 2.22. The van der Waals surface area contributed by atoms with Gasteiger partial charge in [-0.05, 0) is 42.4 Å². The Morgan fingerprint density at radius 1 is 1.30 bits per heavy atom. The van der Waals surface area contributed by atoms with E-state index in [9.17, 15) is 4.39 Å². The van der Waals surface area contributed by atoms with E-state index in [1.54, 1.807) is 7.11 Å². The molecule has 0 heterocycles. The lowest BCUT2D eigenvalue weighted by molar-refractivity contribution is 0.198. The molecule has 0 saturated heterocycles. The molecule has 1 fully saturated rings. The van der Waals surface area contributed by atoms with Crippen LogP contribution >= 0.6 is 0 Å². The lowest BCUT2D eigenvalue weighted by Gasteiger charge is -2.47. The maximum atomic E-state index is 14.4. The fourth-order valence-corrected chi connectivity index (χ4v) is 4.19. The maximum Gasteiger partial charge on any atom is 0.130 e. The summed E-state index contributed by atoms with van der Waals surface area (Å²) in [7, 11) is 1.59. The molecule has 0 radical (unpaired) electrons. The quantitative estimate of drug-likeness (QED) is 0.852. The van der Waals surface area contributed by atoms with Gasteiger partial charge in [-0.25, -0.2) is 4.39 Å². The maximum absolute atomic E-state index is 14.4. The number of benzene rings is 1. The van der Waals surface area contributed by atoms with Crippen molar-refractivity contribution in [3.05, 3.63) is 29.1 Å². The Balaban J connectivity index is 2.15. The zero-order chi connectivity index (χ0) is 14.3. The predicted octanol–water partition coefficient (Wildman–Crippen LogP) is 3.56. The van der Waals surface area contributed by atoms with Gasteiger partial charge in [-0.3, -0.25) is 0 Å². The van der Waals surface area contributed by atoms with E-state index in [-0.39, 0.29) is 17.3 Å². The summed E-state index contributed by atoms with van der Waals surface area (Å²) >= 11 is 0. The average Bonchev–Trinajstić information content (AvgIpc) is 2.44. The van der Waals surface area contributed by atoms with E-state index >= 15 is 0 Å². The summed E-state index contributed by atoms with van der Waals surface area (Å²) in [5, 5.41) is 0. The van der Waals surface area contributed by atoms with Crippen LogP contribution in [0.1, 0.15) is 50.2 Å². The van der Waals surface area contributed by atoms with E-state index in [0.717, 1.165) is 30.4 Å². The Labute approximate surface area is 120 Å². The van der Waals surface area contributed by atoms with Crippen LogP contribution in [-0.2, 0) is 11.8 Å². The minimum Gasteiger partial charge on any atom is -0.497 e. The number of rotatable bonds is 1. The van der Waals surface area contributed by atoms with E-state index in [0.29, 0.717) is 11.7 Å². The van der Waals surface area contributed by atoms with E-state index in [1.807, 2.05) is 6.07 Å². The molecule has 3 atom stereocenters. The number of methoxy groups -OCH3 is 1. The van der Waals surface area contributed by atoms with Gasteiger partial charge in [0, 0.05) is 17.5 Å². The van der Waals surface area contributed by atoms with Crippen LogP contribution in [0.4, 0.5) is 4.39 Å². The van der Waals surface area contributed by atoms with Gasteiger partial charge in [0.15, 0.2) is 0 Å². The van der Waals surface area contributed by atoms with Crippen LogP contribution in [0, 0.1) is 11.7 Å². The molecule has 20 heavy (non-hydrogen) atoms. The Kier molecular flexibility index (Phi) is 3.49. The van der Waals surface area contributed by atoms with Crippen LogP contribution in [0.2, 0.25) is 0 Å². The molecule has 0 spiro atoms. The van der Waals surface area contributed by atoms with Crippen molar-refractivity contribution in [2.24, 2.45) is 11.7 Å². The van der Waals surface area contributed by atoms with Crippen LogP contribution in [0.25, 0.3) is 0 Å². The fraction of sp³-hybridized carbons (Fsp3) is 0.647. The average molecular weight is 277 g/mol. The fourth-order valence-electron chi connectivity index (χ4n) is 4.19. The first kappa shape index (κ1) is 13.9. The number of hydrogen-bond donors (Lipinski definition) is 1. The largest absolute Gasteiger partial charge is 0.497 e. The predicted molar refractivity (Wildman–Crippen MR) is 78.6 cm³/mol. The highest BCUT2D eigenvalue weighted by Gasteiger charge is 2.44. The molecule has 2 bridgehead atoms. The third-order valence-electron chi connectivity index (χ3n) is 5.50. The van der Waals surface area contributed by atoms with E-state index in [1.165, 1.54) is 25.3 Å². The zero-order valence-electron chi connectivity index (χ0n) is 12.4. The molecular formula is C17H24FNO. The number of nitrogens with two attached hydrogens (primary N) is 1. The summed E-state index contributed by atoms with van der Waals surface area (Å²) < 4.78 is 19.7. The number of hydrogen-bond acceptors (Lipinski definition) is 2. The van der Waals surface area contributed by atoms with Gasteiger partial charge in [-0.1, -0.05) is 26.2 Å². The summed E-state index contributed by atoms with van der Waals surface area (Å²) in [4.78, 5) is 0. The van der Waals surface area contributed by atoms with Gasteiger partial charge in [-0.15, -0.1) is 0 Å². The van der Waals surface area contributed by atoms with Crippen molar-refractivity contribution in [2.45, 2.75) is 56.9 Å². The molecule has 1 unspecified atom stereocenters. The lowest BCUT2D eigenvalue weighted by Crippen LogP contribution is -2.53. The first-order valence-corrected chi connectivity index (χ1v) is 7.69. The van der Waals surface area contributed by atoms with Crippen LogP contribution < -0.4 is 10.5 Å². The molecule has 1 aromatic rings. The molecular weight excluding hydrogens is 253 g/mol. The van der Waals surface area contributed by atoms with Gasteiger partial charge < -0.3 is 10.5 Å². The molecule has 0 aliphatic heterocycles. The lowest BCUT2D eigenvalue weighted by atomic mass is 9.60. The minimum atomic E-state index is -0.122. The van der Waals surface area contributed by atoms with Crippen molar-refractivity contribution in [3.8, 4) is 5.75 Å². The SMILES string of the molecule is COc1cc(F)c2c(c1)[C@@]1(C)CCCCCC(C2)[C@@H]1N. The third-order valence-corrected chi connectivity index (χ3v) is 5.50. The molecule has 0 aromatic heterocycles. The van der Waals surface area contributed by atoms with Crippen LogP contribution in [0.15, 0.2) is 12.1 Å². The van der Waals surface area contributed by atoms with E-state index in [2.05, 4.69) is 6.92 Å². The molecule has 2 aliphatic rings. The first-order chi connectivity index (χ1) is 9.56. The smallest absolute Gasteiger partial charge is 0.130 e. The van der Waals surface area contributed by atoms with Crippen LogP contribution in [-0.4, -0.2) is 13.2 Å². The summed E-state index contributed by atoms with van der Waals surface area (Å²) in [5.41, 5.74) is 8.42. The molecule has 1 saturated carbocycles. The van der Waals surface area contributed by atoms with Crippen molar-refractivity contribution >= 4 is 0 Å². The third kappa shape index (κ3) is 2.03. The van der Waals surface area contributed by atoms with Crippen molar-refractivity contribution < 1.29 is 9.13 Å². The van der Waals surface area contributed by atoms with Gasteiger partial charge in [-0.2, -0.15) is 0 Å². The normalized spacial score (nSPS) is 33.0. The Morgan fingerprint density at radius 3 is 2.85 bits per heavy atom. The van der Waals surface area contributed by atoms with Crippen LogP contribution in [0.5, 0.6) is 5.75 Å². The number of halogens is 1. The Bertz CT molecular complexity index is 516. The molecule has 2 nitrogen and oxygen atoms in total. The van der Waals surface area contributed by atoms with E-state index in [4.69, 9.17) is 10.5 Å². The number of fused-ring (bicyclic) bond motifs is 4. The van der Waals surface area contributed by atoms with Gasteiger partial charge >= 0.3 is 0 Å². The first-order valence-electron chi connectivity index (χ1n) is 7.69. The second kappa shape index (κ2) is 5.03. The Hall–Kier alpha value is -1.09. The topological polar surface area (TPSA) is 35.2 Å². The van der Waals surface area contributed by atoms with E-state index < -0.39 is 0 Å². The van der Waals surface area contributed by atoms with Crippen molar-refractivity contribution in [3.63, 3.8) is 0 Å². The minimum absolute atomic E-state index is 0.117. The van der Waals surface area contributed by atoms with Crippen LogP contribution in [0.3, 0.4) is 0 Å². The van der Waals surface area contributed by atoms with Crippen molar-refractivity contribution in [2.75, 3.05) is 7.11 Å². The second-order valence-corrected chi connectivity index (χ2v) is 6.64. The molecule has 2 N–H and O–H groups in total. The van der Waals surface area contributed by atoms with Crippen molar-refractivity contribution in [1.82, 2.24) is 0 Å². The standard InChI is InChI=1S/C17H24FNO/c1-17-7-5-3-4-6-11(16(17)19)8-13-14(17)9-12(20-2)10-15(13)18/h9-11,16H,3-8,19H2,1-2H3/t11?,16-,17+/m0/s1. The van der Waals surface area contributed by atoms with Gasteiger partial charge in [0.05, 0.1) is 7.11 Å². The van der Waals surface area contributed by atoms with Gasteiger partial charge in [0.2, 0.25) is 0 Å². The monoisotopic (exact) mass is 277 g/mol. The molecule has 3 heteroatoms. The molecule has 2 aliphatic carbocycles. The highest BCUT2D eigenvalue weighted by atomic mass is 19.1. The number of ether oxygens (including phenoxy) is 1. The summed E-state index contributed by atoms with van der Waals surface area (Å²) in [6, 6.07) is 3.65. The van der Waals surface area contributed by atoms with Gasteiger partial charge in [0.25, 0.3) is 0 Å². The highest BCUT2D eigenvalue weighted by Crippen LogP contribution is 2.47. The summed E-state index contributed by atoms with van der Waals surface area (Å²) in [6.07, 6.45) is 6.62. The van der Waals surface area contributed by atoms with Crippen molar-refractivity contribution in [1.29, 1.82) is 0 Å². The second-order valence-electron chi connectivity index (χ2n) is 6.64. The molecule has 1 aromatic carbocycles.